The van der Waals surface area contributed by atoms with E-state index in [1.807, 2.05) is 18.2 Å². The van der Waals surface area contributed by atoms with Gasteiger partial charge in [-0.2, -0.15) is 0 Å². The molecular formula is C16H21N3O. The van der Waals surface area contributed by atoms with Crippen LogP contribution in [0, 0.1) is 0 Å². The molecule has 2 aromatic rings. The van der Waals surface area contributed by atoms with Crippen LogP contribution in [0.4, 0.5) is 5.82 Å². The van der Waals surface area contributed by atoms with Crippen LogP contribution in [0.15, 0.2) is 30.3 Å². The van der Waals surface area contributed by atoms with Gasteiger partial charge in [0.1, 0.15) is 11.6 Å². The number of phenolic OH excluding ortho intramolecular Hbond substituents is 1. The third-order valence-electron chi connectivity index (χ3n) is 4.03. The van der Waals surface area contributed by atoms with Gasteiger partial charge in [0, 0.05) is 37.6 Å². The molecule has 0 amide bonds. The minimum Gasteiger partial charge on any atom is -0.508 e. The lowest BCUT2D eigenvalue weighted by atomic mass is 10.2. The number of fused-ring (bicyclic) bond motifs is 1. The highest BCUT2D eigenvalue weighted by Gasteiger charge is 2.19. The highest BCUT2D eigenvalue weighted by molar-refractivity contribution is 5.81. The molecule has 2 heterocycles. The minimum atomic E-state index is 0.289. The van der Waals surface area contributed by atoms with Crippen molar-refractivity contribution in [2.24, 2.45) is 0 Å². The summed E-state index contributed by atoms with van der Waals surface area (Å²) in [5.74, 6) is 1.32. The van der Waals surface area contributed by atoms with Crippen molar-refractivity contribution in [1.82, 2.24) is 9.88 Å². The first-order valence-corrected chi connectivity index (χ1v) is 7.22. The van der Waals surface area contributed by atoms with E-state index in [-0.39, 0.29) is 5.75 Å². The number of anilines is 1. The number of hydrogen-bond acceptors (Lipinski definition) is 4. The molecule has 0 saturated carbocycles. The highest BCUT2D eigenvalue weighted by atomic mass is 16.3. The Hall–Kier alpha value is -1.81. The number of piperazine rings is 1. The van der Waals surface area contributed by atoms with Crippen LogP contribution in [0.2, 0.25) is 0 Å². The summed E-state index contributed by atoms with van der Waals surface area (Å²) in [5.41, 5.74) is 0.937. The standard InChI is InChI=1S/C16H21N3O/c1-12(2)18-7-9-19(10-8-18)16-6-3-13-11-14(20)4-5-15(13)17-16/h3-6,11-12,20H,7-10H2,1-2H3. The Kier molecular flexibility index (Phi) is 3.49. The molecule has 4 heteroatoms. The molecule has 1 aliphatic rings. The molecule has 1 saturated heterocycles. The Balaban J connectivity index is 1.79. The van der Waals surface area contributed by atoms with Crippen LogP contribution in [0.3, 0.4) is 0 Å². The quantitative estimate of drug-likeness (QED) is 0.911. The first-order valence-electron chi connectivity index (χ1n) is 7.22. The van der Waals surface area contributed by atoms with E-state index < -0.39 is 0 Å². The first kappa shape index (κ1) is 13.2. The van der Waals surface area contributed by atoms with E-state index in [1.165, 1.54) is 0 Å². The van der Waals surface area contributed by atoms with E-state index >= 15 is 0 Å². The van der Waals surface area contributed by atoms with Gasteiger partial charge in [-0.3, -0.25) is 4.90 Å². The second kappa shape index (κ2) is 5.29. The van der Waals surface area contributed by atoms with Gasteiger partial charge in [-0.25, -0.2) is 4.98 Å². The van der Waals surface area contributed by atoms with Gasteiger partial charge in [0.15, 0.2) is 0 Å². The molecule has 1 aromatic carbocycles. The van der Waals surface area contributed by atoms with Gasteiger partial charge in [0.2, 0.25) is 0 Å². The maximum absolute atomic E-state index is 9.49. The smallest absolute Gasteiger partial charge is 0.129 e. The molecule has 4 nitrogen and oxygen atoms in total. The Morgan fingerprint density at radius 3 is 2.50 bits per heavy atom. The Morgan fingerprint density at radius 2 is 1.80 bits per heavy atom. The van der Waals surface area contributed by atoms with Gasteiger partial charge in [0.25, 0.3) is 0 Å². The normalized spacial score (nSPS) is 17.1. The van der Waals surface area contributed by atoms with Crippen molar-refractivity contribution in [3.63, 3.8) is 0 Å². The molecule has 20 heavy (non-hydrogen) atoms. The first-order chi connectivity index (χ1) is 9.63. The molecule has 0 bridgehead atoms. The zero-order valence-corrected chi connectivity index (χ0v) is 12.1. The van der Waals surface area contributed by atoms with Crippen LogP contribution in [0.5, 0.6) is 5.75 Å². The molecule has 0 unspecified atom stereocenters. The van der Waals surface area contributed by atoms with Gasteiger partial charge in [-0.1, -0.05) is 0 Å². The topological polar surface area (TPSA) is 39.6 Å². The van der Waals surface area contributed by atoms with Crippen LogP contribution in [-0.2, 0) is 0 Å². The third kappa shape index (κ3) is 2.56. The lowest BCUT2D eigenvalue weighted by Crippen LogP contribution is -2.49. The molecule has 0 aliphatic carbocycles. The number of nitrogens with zero attached hydrogens (tertiary/aromatic N) is 3. The summed E-state index contributed by atoms with van der Waals surface area (Å²) in [6.07, 6.45) is 0. The fraction of sp³-hybridized carbons (Fsp3) is 0.438. The van der Waals surface area contributed by atoms with E-state index in [0.29, 0.717) is 6.04 Å². The predicted octanol–water partition coefficient (Wildman–Crippen LogP) is 2.47. The summed E-state index contributed by atoms with van der Waals surface area (Å²) in [7, 11) is 0. The number of aromatic nitrogens is 1. The number of hydrogen-bond donors (Lipinski definition) is 1. The molecule has 106 valence electrons. The average Bonchev–Trinajstić information content (AvgIpc) is 2.47. The lowest BCUT2D eigenvalue weighted by molar-refractivity contribution is 0.209. The summed E-state index contributed by atoms with van der Waals surface area (Å²) in [5, 5.41) is 10.5. The zero-order valence-electron chi connectivity index (χ0n) is 12.1. The van der Waals surface area contributed by atoms with Crippen LogP contribution in [-0.4, -0.2) is 47.2 Å². The van der Waals surface area contributed by atoms with E-state index in [4.69, 9.17) is 4.98 Å². The lowest BCUT2D eigenvalue weighted by Gasteiger charge is -2.37. The van der Waals surface area contributed by atoms with E-state index in [9.17, 15) is 5.11 Å². The Labute approximate surface area is 119 Å². The molecule has 0 radical (unpaired) electrons. The van der Waals surface area contributed by atoms with Crippen molar-refractivity contribution in [3.8, 4) is 5.75 Å². The molecular weight excluding hydrogens is 250 g/mol. The third-order valence-corrected chi connectivity index (χ3v) is 4.03. The van der Waals surface area contributed by atoms with E-state index in [2.05, 4.69) is 23.6 Å². The fourth-order valence-corrected chi connectivity index (χ4v) is 2.75. The van der Waals surface area contributed by atoms with Crippen molar-refractivity contribution in [2.75, 3.05) is 31.1 Å². The maximum atomic E-state index is 9.49. The predicted molar refractivity (Wildman–Crippen MR) is 82.3 cm³/mol. The number of phenols is 1. The SMILES string of the molecule is CC(C)N1CCN(c2ccc3cc(O)ccc3n2)CC1. The average molecular weight is 271 g/mol. The molecule has 0 spiro atoms. The fourth-order valence-electron chi connectivity index (χ4n) is 2.75. The van der Waals surface area contributed by atoms with Crippen molar-refractivity contribution >= 4 is 16.7 Å². The number of rotatable bonds is 2. The van der Waals surface area contributed by atoms with Gasteiger partial charge in [-0.05, 0) is 44.2 Å². The molecule has 1 aliphatic heterocycles. The van der Waals surface area contributed by atoms with Crippen molar-refractivity contribution in [3.05, 3.63) is 30.3 Å². The summed E-state index contributed by atoms with van der Waals surface area (Å²) in [6.45, 7) is 8.72. The summed E-state index contributed by atoms with van der Waals surface area (Å²) >= 11 is 0. The second-order valence-corrected chi connectivity index (χ2v) is 5.66. The van der Waals surface area contributed by atoms with E-state index in [0.717, 1.165) is 42.9 Å². The highest BCUT2D eigenvalue weighted by Crippen LogP contribution is 2.22. The molecule has 1 N–H and O–H groups in total. The number of pyridine rings is 1. The Bertz CT molecular complexity index is 604. The van der Waals surface area contributed by atoms with Crippen LogP contribution in [0.1, 0.15) is 13.8 Å². The zero-order chi connectivity index (χ0) is 14.1. The van der Waals surface area contributed by atoms with Crippen molar-refractivity contribution < 1.29 is 5.11 Å². The second-order valence-electron chi connectivity index (χ2n) is 5.66. The Morgan fingerprint density at radius 1 is 1.05 bits per heavy atom. The number of aromatic hydroxyl groups is 1. The molecule has 1 aromatic heterocycles. The molecule has 1 fully saturated rings. The summed E-state index contributed by atoms with van der Waals surface area (Å²) in [6, 6.07) is 10.0. The number of benzene rings is 1. The van der Waals surface area contributed by atoms with Gasteiger partial charge in [-0.15, -0.1) is 0 Å². The minimum absolute atomic E-state index is 0.289. The monoisotopic (exact) mass is 271 g/mol. The summed E-state index contributed by atoms with van der Waals surface area (Å²) in [4.78, 5) is 9.54. The van der Waals surface area contributed by atoms with Crippen LogP contribution < -0.4 is 4.90 Å². The van der Waals surface area contributed by atoms with Gasteiger partial charge in [0.05, 0.1) is 5.52 Å². The van der Waals surface area contributed by atoms with Crippen LogP contribution in [0.25, 0.3) is 10.9 Å². The van der Waals surface area contributed by atoms with Gasteiger partial charge < -0.3 is 10.0 Å². The molecule has 3 rings (SSSR count). The van der Waals surface area contributed by atoms with Crippen LogP contribution >= 0.6 is 0 Å². The van der Waals surface area contributed by atoms with E-state index in [1.54, 1.807) is 12.1 Å². The summed E-state index contributed by atoms with van der Waals surface area (Å²) < 4.78 is 0. The van der Waals surface area contributed by atoms with Gasteiger partial charge >= 0.3 is 0 Å². The molecule has 0 atom stereocenters. The largest absolute Gasteiger partial charge is 0.508 e. The van der Waals surface area contributed by atoms with Crippen molar-refractivity contribution in [2.45, 2.75) is 19.9 Å². The maximum Gasteiger partial charge on any atom is 0.129 e. The van der Waals surface area contributed by atoms with Crippen molar-refractivity contribution in [1.29, 1.82) is 0 Å².